The molecule has 1 heterocycles. The molecule has 1 aromatic rings. The molecule has 1 aromatic carbocycles. The first kappa shape index (κ1) is 19.8. The molecule has 2 amide bonds. The standard InChI is InChI=1S/C19H27N3O4/c1-13(21-25)14-7-5-9-16(11-14)20-17(23)15-8-6-10-22(12-15)18(24)26-19(2,3)4/h5,7,9,11,15,25H,6,8,10,12H2,1-4H3,(H,20,23)/b21-13+. The Balaban J connectivity index is 2.00. The van der Waals surface area contributed by atoms with E-state index in [-0.39, 0.29) is 17.9 Å². The molecule has 7 heteroatoms. The number of hydrogen-bond acceptors (Lipinski definition) is 5. The number of carbonyl (C=O) groups excluding carboxylic acids is 2. The summed E-state index contributed by atoms with van der Waals surface area (Å²) in [6.45, 7) is 8.09. The first-order valence-corrected chi connectivity index (χ1v) is 8.77. The molecule has 0 aliphatic carbocycles. The van der Waals surface area contributed by atoms with Gasteiger partial charge in [-0.15, -0.1) is 0 Å². The second-order valence-electron chi connectivity index (χ2n) is 7.52. The summed E-state index contributed by atoms with van der Waals surface area (Å²) in [7, 11) is 0. The Bertz CT molecular complexity index is 694. The summed E-state index contributed by atoms with van der Waals surface area (Å²) >= 11 is 0. The maximum absolute atomic E-state index is 12.6. The SMILES string of the molecule is C/C(=N\O)c1cccc(NC(=O)C2CCCN(C(=O)OC(C)(C)C)C2)c1. The number of rotatable bonds is 3. The highest BCUT2D eigenvalue weighted by atomic mass is 16.6. The molecule has 1 saturated heterocycles. The van der Waals surface area contributed by atoms with Crippen molar-refractivity contribution in [1.82, 2.24) is 4.90 Å². The van der Waals surface area contributed by atoms with Gasteiger partial charge in [0, 0.05) is 24.3 Å². The van der Waals surface area contributed by atoms with Gasteiger partial charge in [0.25, 0.3) is 0 Å². The lowest BCUT2D eigenvalue weighted by Crippen LogP contribution is -2.45. The number of benzene rings is 1. The molecule has 1 aliphatic heterocycles. The van der Waals surface area contributed by atoms with Crippen LogP contribution in [0.25, 0.3) is 0 Å². The van der Waals surface area contributed by atoms with Crippen molar-refractivity contribution in [3.63, 3.8) is 0 Å². The van der Waals surface area contributed by atoms with Crippen molar-refractivity contribution in [2.45, 2.75) is 46.1 Å². The van der Waals surface area contributed by atoms with Crippen molar-refractivity contribution in [2.24, 2.45) is 11.1 Å². The minimum absolute atomic E-state index is 0.131. The molecule has 1 aliphatic rings. The van der Waals surface area contributed by atoms with Crippen molar-refractivity contribution < 1.29 is 19.5 Å². The van der Waals surface area contributed by atoms with Crippen LogP contribution < -0.4 is 5.32 Å². The Morgan fingerprint density at radius 2 is 2.08 bits per heavy atom. The fourth-order valence-corrected chi connectivity index (χ4v) is 2.81. The molecule has 1 fully saturated rings. The molecule has 0 spiro atoms. The van der Waals surface area contributed by atoms with Gasteiger partial charge in [-0.3, -0.25) is 4.79 Å². The first-order chi connectivity index (χ1) is 12.2. The summed E-state index contributed by atoms with van der Waals surface area (Å²) in [5, 5.41) is 14.9. The third kappa shape index (κ3) is 5.47. The lowest BCUT2D eigenvalue weighted by atomic mass is 9.97. The minimum Gasteiger partial charge on any atom is -0.444 e. The van der Waals surface area contributed by atoms with Crippen LogP contribution in [0, 0.1) is 5.92 Å². The summed E-state index contributed by atoms with van der Waals surface area (Å²) < 4.78 is 5.40. The van der Waals surface area contributed by atoms with Gasteiger partial charge < -0.3 is 20.2 Å². The molecule has 26 heavy (non-hydrogen) atoms. The van der Waals surface area contributed by atoms with Crippen LogP contribution in [0.3, 0.4) is 0 Å². The lowest BCUT2D eigenvalue weighted by molar-refractivity contribution is -0.121. The average molecular weight is 361 g/mol. The highest BCUT2D eigenvalue weighted by Gasteiger charge is 2.31. The van der Waals surface area contributed by atoms with Crippen LogP contribution in [0.2, 0.25) is 0 Å². The van der Waals surface area contributed by atoms with Crippen LogP contribution in [-0.2, 0) is 9.53 Å². The van der Waals surface area contributed by atoms with Crippen molar-refractivity contribution in [2.75, 3.05) is 18.4 Å². The van der Waals surface area contributed by atoms with E-state index in [1.807, 2.05) is 20.8 Å². The molecule has 1 atom stereocenters. The monoisotopic (exact) mass is 361 g/mol. The van der Waals surface area contributed by atoms with Gasteiger partial charge in [0.05, 0.1) is 11.6 Å². The number of nitrogens with zero attached hydrogens (tertiary/aromatic N) is 2. The number of hydrogen-bond donors (Lipinski definition) is 2. The second-order valence-corrected chi connectivity index (χ2v) is 7.52. The van der Waals surface area contributed by atoms with Crippen LogP contribution in [-0.4, -0.2) is 46.5 Å². The quantitative estimate of drug-likeness (QED) is 0.490. The summed E-state index contributed by atoms with van der Waals surface area (Å²) in [5.41, 5.74) is 1.27. The van der Waals surface area contributed by atoms with E-state index in [4.69, 9.17) is 9.94 Å². The van der Waals surface area contributed by atoms with Crippen LogP contribution in [0.15, 0.2) is 29.4 Å². The van der Waals surface area contributed by atoms with Gasteiger partial charge in [-0.25, -0.2) is 4.79 Å². The van der Waals surface area contributed by atoms with Crippen LogP contribution >= 0.6 is 0 Å². The summed E-state index contributed by atoms with van der Waals surface area (Å²) in [6.07, 6.45) is 1.10. The Labute approximate surface area is 154 Å². The summed E-state index contributed by atoms with van der Waals surface area (Å²) in [6, 6.07) is 7.12. The third-order valence-corrected chi connectivity index (χ3v) is 4.14. The smallest absolute Gasteiger partial charge is 0.410 e. The first-order valence-electron chi connectivity index (χ1n) is 8.77. The zero-order valence-electron chi connectivity index (χ0n) is 15.8. The van der Waals surface area contributed by atoms with Crippen molar-refractivity contribution >= 4 is 23.4 Å². The molecule has 1 unspecified atom stereocenters. The molecule has 0 aromatic heterocycles. The second kappa shape index (κ2) is 8.21. The minimum atomic E-state index is -0.557. The van der Waals surface area contributed by atoms with E-state index < -0.39 is 5.60 Å². The Morgan fingerprint density at radius 3 is 2.73 bits per heavy atom. The molecular formula is C19H27N3O4. The predicted octanol–water partition coefficient (Wildman–Crippen LogP) is 3.47. The number of piperidine rings is 1. The zero-order chi connectivity index (χ0) is 19.3. The molecule has 142 valence electrons. The zero-order valence-corrected chi connectivity index (χ0v) is 15.8. The molecule has 2 N–H and O–H groups in total. The average Bonchev–Trinajstić information content (AvgIpc) is 2.60. The maximum atomic E-state index is 12.6. The van der Waals surface area contributed by atoms with E-state index in [0.717, 1.165) is 18.4 Å². The van der Waals surface area contributed by atoms with E-state index in [1.54, 1.807) is 36.1 Å². The number of amides is 2. The molecular weight excluding hydrogens is 334 g/mol. The summed E-state index contributed by atoms with van der Waals surface area (Å²) in [5.74, 6) is -0.415. The predicted molar refractivity (Wildman–Crippen MR) is 99.6 cm³/mol. The van der Waals surface area contributed by atoms with Gasteiger partial charge >= 0.3 is 6.09 Å². The number of nitrogens with one attached hydrogen (secondary N) is 1. The largest absolute Gasteiger partial charge is 0.444 e. The van der Waals surface area contributed by atoms with Gasteiger partial charge in [-0.2, -0.15) is 0 Å². The molecule has 0 radical (unpaired) electrons. The molecule has 7 nitrogen and oxygen atoms in total. The summed E-state index contributed by atoms with van der Waals surface area (Å²) in [4.78, 5) is 26.4. The number of ether oxygens (including phenoxy) is 1. The number of carbonyl (C=O) groups is 2. The van der Waals surface area contributed by atoms with Crippen LogP contribution in [0.1, 0.15) is 46.1 Å². The van der Waals surface area contributed by atoms with Gasteiger partial charge in [0.2, 0.25) is 5.91 Å². The fraction of sp³-hybridized carbons (Fsp3) is 0.526. The molecule has 0 bridgehead atoms. The van der Waals surface area contributed by atoms with Crippen molar-refractivity contribution in [1.29, 1.82) is 0 Å². The normalized spacial score (nSPS) is 18.4. The topological polar surface area (TPSA) is 91.2 Å². The van der Waals surface area contributed by atoms with Gasteiger partial charge in [-0.1, -0.05) is 17.3 Å². The Morgan fingerprint density at radius 1 is 1.35 bits per heavy atom. The van der Waals surface area contributed by atoms with Gasteiger partial charge in [0.1, 0.15) is 5.60 Å². The van der Waals surface area contributed by atoms with Crippen molar-refractivity contribution in [3.8, 4) is 0 Å². The van der Waals surface area contributed by atoms with Crippen LogP contribution in [0.5, 0.6) is 0 Å². The van der Waals surface area contributed by atoms with Crippen molar-refractivity contribution in [3.05, 3.63) is 29.8 Å². The number of anilines is 1. The highest BCUT2D eigenvalue weighted by molar-refractivity contribution is 6.00. The lowest BCUT2D eigenvalue weighted by Gasteiger charge is -2.33. The Hall–Kier alpha value is -2.57. The third-order valence-electron chi connectivity index (χ3n) is 4.14. The molecule has 2 rings (SSSR count). The van der Waals surface area contributed by atoms with E-state index in [0.29, 0.717) is 24.5 Å². The van der Waals surface area contributed by atoms with Gasteiger partial charge in [-0.05, 0) is 52.7 Å². The van der Waals surface area contributed by atoms with E-state index >= 15 is 0 Å². The number of oxime groups is 1. The Kier molecular flexibility index (Phi) is 6.23. The van der Waals surface area contributed by atoms with E-state index in [9.17, 15) is 9.59 Å². The number of likely N-dealkylation sites (tertiary alicyclic amines) is 1. The van der Waals surface area contributed by atoms with Gasteiger partial charge in [0.15, 0.2) is 0 Å². The van der Waals surface area contributed by atoms with E-state index in [1.165, 1.54) is 0 Å². The highest BCUT2D eigenvalue weighted by Crippen LogP contribution is 2.21. The molecule has 0 saturated carbocycles. The van der Waals surface area contributed by atoms with E-state index in [2.05, 4.69) is 10.5 Å². The fourth-order valence-electron chi connectivity index (χ4n) is 2.81. The maximum Gasteiger partial charge on any atom is 0.410 e. The van der Waals surface area contributed by atoms with Crippen LogP contribution in [0.4, 0.5) is 10.5 Å².